The maximum Gasteiger partial charge on any atom is 0.289 e. The number of nitrogens with one attached hydrogen (secondary N) is 1. The number of aliphatic imine (C=N–C) groups is 1. The summed E-state index contributed by atoms with van der Waals surface area (Å²) in [4.78, 5) is 24.9. The number of carbonyl (C=O) groups excluding carboxylic acids is 1. The first kappa shape index (κ1) is 22.3. The molecule has 3 rings (SSSR count). The first-order chi connectivity index (χ1) is 12.9. The zero-order valence-corrected chi connectivity index (χ0v) is 19.1. The van der Waals surface area contributed by atoms with E-state index >= 15 is 0 Å². The van der Waals surface area contributed by atoms with Crippen molar-refractivity contribution < 1.29 is 13.6 Å². The molecular formula is C19H28IN5O3. The molecule has 1 fully saturated rings. The van der Waals surface area contributed by atoms with E-state index in [0.717, 1.165) is 11.7 Å². The Morgan fingerprint density at radius 1 is 1.25 bits per heavy atom. The number of carbonyl (C=O) groups is 1. The Balaban J connectivity index is 0.00000280. The topological polar surface area (TPSA) is 87.1 Å². The number of piperazine rings is 1. The first-order valence-electron chi connectivity index (χ1n) is 9.12. The predicted octanol–water partition coefficient (Wildman–Crippen LogP) is 2.72. The summed E-state index contributed by atoms with van der Waals surface area (Å²) >= 11 is 0. The van der Waals surface area contributed by atoms with Gasteiger partial charge in [0.15, 0.2) is 11.7 Å². The highest BCUT2D eigenvalue weighted by Gasteiger charge is 2.25. The lowest BCUT2D eigenvalue weighted by Crippen LogP contribution is -2.53. The second-order valence-electron chi connectivity index (χ2n) is 7.53. The van der Waals surface area contributed by atoms with E-state index in [1.807, 2.05) is 0 Å². The van der Waals surface area contributed by atoms with Crippen LogP contribution in [0.2, 0.25) is 0 Å². The fraction of sp³-hybridized carbons (Fsp3) is 0.526. The number of aromatic nitrogens is 1. The zero-order chi connectivity index (χ0) is 19.4. The second kappa shape index (κ2) is 9.44. The molecule has 9 heteroatoms. The van der Waals surface area contributed by atoms with E-state index in [1.54, 1.807) is 30.3 Å². The molecule has 8 nitrogen and oxygen atoms in total. The maximum absolute atomic E-state index is 12.3. The van der Waals surface area contributed by atoms with Gasteiger partial charge in [-0.15, -0.1) is 24.0 Å². The largest absolute Gasteiger partial charge is 0.459 e. The quantitative estimate of drug-likeness (QED) is 0.396. The molecule has 0 bridgehead atoms. The summed E-state index contributed by atoms with van der Waals surface area (Å²) in [5.41, 5.74) is -0.0657. The minimum atomic E-state index is -0.0721. The molecule has 1 saturated heterocycles. The molecule has 1 aliphatic rings. The molecular weight excluding hydrogens is 473 g/mol. The lowest BCUT2D eigenvalue weighted by molar-refractivity contribution is 0.0657. The molecule has 1 aliphatic heterocycles. The molecule has 3 heterocycles. The predicted molar refractivity (Wildman–Crippen MR) is 117 cm³/mol. The van der Waals surface area contributed by atoms with Gasteiger partial charge >= 0.3 is 0 Å². The van der Waals surface area contributed by atoms with Crippen LogP contribution in [0.4, 0.5) is 0 Å². The van der Waals surface area contributed by atoms with Crippen molar-refractivity contribution in [1.82, 2.24) is 20.1 Å². The molecule has 0 saturated carbocycles. The van der Waals surface area contributed by atoms with Crippen LogP contribution in [-0.4, -0.2) is 59.9 Å². The van der Waals surface area contributed by atoms with Gasteiger partial charge < -0.3 is 24.0 Å². The van der Waals surface area contributed by atoms with Crippen molar-refractivity contribution in [2.45, 2.75) is 32.7 Å². The lowest BCUT2D eigenvalue weighted by Gasteiger charge is -2.36. The van der Waals surface area contributed by atoms with Crippen molar-refractivity contribution in [1.29, 1.82) is 0 Å². The van der Waals surface area contributed by atoms with E-state index in [4.69, 9.17) is 8.83 Å². The zero-order valence-electron chi connectivity index (χ0n) is 16.8. The summed E-state index contributed by atoms with van der Waals surface area (Å²) in [7, 11) is 1.75. The number of furan rings is 1. The van der Waals surface area contributed by atoms with Gasteiger partial charge in [0.05, 0.1) is 19.0 Å². The minimum absolute atomic E-state index is 0. The number of amides is 1. The standard InChI is InChI=1S/C19H27N5O3.HI/c1-19(2,3)15-12-21-16(27-15)13-22-18(20-4)24-9-7-23(8-10-24)17(25)14-6-5-11-26-14;/h5-6,11-12H,7-10,13H2,1-4H3,(H,20,22);1H. The number of guanidine groups is 1. The van der Waals surface area contributed by atoms with Gasteiger partial charge in [-0.3, -0.25) is 9.79 Å². The monoisotopic (exact) mass is 501 g/mol. The fourth-order valence-electron chi connectivity index (χ4n) is 2.90. The minimum Gasteiger partial charge on any atom is -0.459 e. The Morgan fingerprint density at radius 3 is 2.46 bits per heavy atom. The van der Waals surface area contributed by atoms with Crippen molar-refractivity contribution in [2.24, 2.45) is 4.99 Å². The van der Waals surface area contributed by atoms with Crippen LogP contribution >= 0.6 is 24.0 Å². The highest BCUT2D eigenvalue weighted by molar-refractivity contribution is 14.0. The number of rotatable bonds is 3. The average Bonchev–Trinajstić information content (AvgIpc) is 3.34. The van der Waals surface area contributed by atoms with Crippen molar-refractivity contribution >= 4 is 35.8 Å². The van der Waals surface area contributed by atoms with Crippen molar-refractivity contribution in [3.63, 3.8) is 0 Å². The highest BCUT2D eigenvalue weighted by atomic mass is 127. The Labute approximate surface area is 182 Å². The average molecular weight is 501 g/mol. The summed E-state index contributed by atoms with van der Waals surface area (Å²) in [6, 6.07) is 3.42. The molecule has 0 aliphatic carbocycles. The van der Waals surface area contributed by atoms with Crippen LogP contribution in [0.5, 0.6) is 0 Å². The van der Waals surface area contributed by atoms with E-state index < -0.39 is 0 Å². The first-order valence-corrected chi connectivity index (χ1v) is 9.12. The Bertz CT molecular complexity index is 787. The number of halogens is 1. The van der Waals surface area contributed by atoms with Gasteiger partial charge in [-0.2, -0.15) is 0 Å². The highest BCUT2D eigenvalue weighted by Crippen LogP contribution is 2.22. The number of hydrogen-bond acceptors (Lipinski definition) is 5. The molecule has 0 spiro atoms. The molecule has 1 amide bonds. The molecule has 1 N–H and O–H groups in total. The summed E-state index contributed by atoms with van der Waals surface area (Å²) in [5, 5.41) is 3.29. The van der Waals surface area contributed by atoms with Gasteiger partial charge in [0.25, 0.3) is 5.91 Å². The second-order valence-corrected chi connectivity index (χ2v) is 7.53. The van der Waals surface area contributed by atoms with Crippen LogP contribution in [0.15, 0.2) is 38.4 Å². The molecule has 0 unspecified atom stereocenters. The lowest BCUT2D eigenvalue weighted by atomic mass is 9.94. The molecule has 2 aromatic heterocycles. The van der Waals surface area contributed by atoms with Crippen LogP contribution in [0.1, 0.15) is 43.0 Å². The molecule has 0 radical (unpaired) electrons. The van der Waals surface area contributed by atoms with Crippen molar-refractivity contribution in [3.05, 3.63) is 42.0 Å². The SMILES string of the molecule is CN=C(NCc1ncc(C(C)(C)C)o1)N1CCN(C(=O)c2ccco2)CC1.I. The normalized spacial score (nSPS) is 15.4. The Kier molecular flexibility index (Phi) is 7.50. The van der Waals surface area contributed by atoms with Crippen LogP contribution in [0, 0.1) is 0 Å². The van der Waals surface area contributed by atoms with Crippen molar-refractivity contribution in [3.8, 4) is 0 Å². The van der Waals surface area contributed by atoms with Crippen LogP contribution in [-0.2, 0) is 12.0 Å². The van der Waals surface area contributed by atoms with Gasteiger partial charge in [0, 0.05) is 38.6 Å². The third-order valence-electron chi connectivity index (χ3n) is 4.50. The van der Waals surface area contributed by atoms with E-state index in [0.29, 0.717) is 44.4 Å². The Morgan fingerprint density at radius 2 is 1.93 bits per heavy atom. The van der Waals surface area contributed by atoms with Gasteiger partial charge in [0.1, 0.15) is 5.76 Å². The summed E-state index contributed by atoms with van der Waals surface area (Å²) in [6.45, 7) is 9.37. The molecule has 2 aromatic rings. The van der Waals surface area contributed by atoms with Gasteiger partial charge in [-0.25, -0.2) is 4.98 Å². The van der Waals surface area contributed by atoms with E-state index in [2.05, 4.69) is 41.0 Å². The van der Waals surface area contributed by atoms with Crippen LogP contribution in [0.3, 0.4) is 0 Å². The van der Waals surface area contributed by atoms with E-state index in [9.17, 15) is 4.79 Å². The van der Waals surface area contributed by atoms with Crippen LogP contribution in [0.25, 0.3) is 0 Å². The van der Waals surface area contributed by atoms with Crippen molar-refractivity contribution in [2.75, 3.05) is 33.2 Å². The summed E-state index contributed by atoms with van der Waals surface area (Å²) in [5.74, 6) is 2.57. The molecule has 0 atom stereocenters. The summed E-state index contributed by atoms with van der Waals surface area (Å²) < 4.78 is 11.0. The number of oxazole rings is 1. The third kappa shape index (κ3) is 5.27. The smallest absolute Gasteiger partial charge is 0.289 e. The number of nitrogens with zero attached hydrogens (tertiary/aromatic N) is 4. The fourth-order valence-corrected chi connectivity index (χ4v) is 2.90. The Hall–Kier alpha value is -2.04. The van der Waals surface area contributed by atoms with Gasteiger partial charge in [0.2, 0.25) is 5.89 Å². The third-order valence-corrected chi connectivity index (χ3v) is 4.50. The molecule has 154 valence electrons. The van der Waals surface area contributed by atoms with Crippen LogP contribution < -0.4 is 5.32 Å². The number of hydrogen-bond donors (Lipinski definition) is 1. The van der Waals surface area contributed by atoms with E-state index in [1.165, 1.54) is 6.26 Å². The maximum atomic E-state index is 12.3. The van der Waals surface area contributed by atoms with Gasteiger partial charge in [-0.1, -0.05) is 20.8 Å². The van der Waals surface area contributed by atoms with E-state index in [-0.39, 0.29) is 35.3 Å². The molecule has 28 heavy (non-hydrogen) atoms. The van der Waals surface area contributed by atoms with Gasteiger partial charge in [-0.05, 0) is 12.1 Å². The molecule has 0 aromatic carbocycles. The summed E-state index contributed by atoms with van der Waals surface area (Å²) in [6.07, 6.45) is 3.29.